The summed E-state index contributed by atoms with van der Waals surface area (Å²) in [5, 5.41) is 14.6. The number of allylic oxidation sites excluding steroid dienone is 1. The molecule has 0 saturated heterocycles. The van der Waals surface area contributed by atoms with Crippen LogP contribution in [-0.4, -0.2) is 39.5 Å². The van der Waals surface area contributed by atoms with Gasteiger partial charge in [-0.2, -0.15) is 0 Å². The minimum absolute atomic E-state index is 0.00840. The van der Waals surface area contributed by atoms with E-state index < -0.39 is 11.3 Å². The molecular weight excluding hydrogens is 424 g/mol. The van der Waals surface area contributed by atoms with Crippen LogP contribution in [0.5, 0.6) is 5.88 Å². The third-order valence-electron chi connectivity index (χ3n) is 7.36. The Hall–Kier alpha value is -2.14. The standard InChI is InChI=1S/C25H31FN3O2P/c1-15-12-24(30)14-25(15,26)16(2)20(22(24)17(3)29-32)10-9-19-8-7-18(13-28-19)21-6-5-11-27-23(21)31-4/h5-11,13,16-17,20,22,29-30H,1,12,14,32H2,2-4H3/b10-9+/t16-,17+,20-,22?,24-,25?/m0/s1. The Morgan fingerprint density at radius 3 is 2.81 bits per heavy atom. The highest BCUT2D eigenvalue weighted by molar-refractivity contribution is 7.13. The van der Waals surface area contributed by atoms with E-state index in [1.54, 1.807) is 19.5 Å². The molecule has 2 aliphatic rings. The van der Waals surface area contributed by atoms with Crippen LogP contribution < -0.4 is 9.82 Å². The number of alkyl halides is 1. The van der Waals surface area contributed by atoms with E-state index in [9.17, 15) is 5.11 Å². The minimum Gasteiger partial charge on any atom is -0.481 e. The van der Waals surface area contributed by atoms with E-state index in [1.165, 1.54) is 0 Å². The van der Waals surface area contributed by atoms with Gasteiger partial charge in [0.1, 0.15) is 5.67 Å². The fourth-order valence-electron chi connectivity index (χ4n) is 5.68. The summed E-state index contributed by atoms with van der Waals surface area (Å²) in [6.45, 7) is 7.94. The van der Waals surface area contributed by atoms with Gasteiger partial charge in [0.25, 0.3) is 0 Å². The second kappa shape index (κ2) is 8.66. The van der Waals surface area contributed by atoms with Crippen molar-refractivity contribution in [2.45, 2.75) is 44.0 Å². The summed E-state index contributed by atoms with van der Waals surface area (Å²) < 4.78 is 21.2. The maximum atomic E-state index is 15.9. The maximum absolute atomic E-state index is 15.9. The molecular formula is C25H31FN3O2P. The van der Waals surface area contributed by atoms with Crippen LogP contribution in [0.3, 0.4) is 0 Å². The summed E-state index contributed by atoms with van der Waals surface area (Å²) in [5.41, 5.74) is 0.404. The molecule has 0 aliphatic heterocycles. The molecule has 0 spiro atoms. The van der Waals surface area contributed by atoms with Crippen LogP contribution in [0.25, 0.3) is 17.2 Å². The molecule has 170 valence electrons. The van der Waals surface area contributed by atoms with Crippen molar-refractivity contribution in [3.05, 3.63) is 60.6 Å². The molecule has 2 bridgehead atoms. The van der Waals surface area contributed by atoms with Crippen molar-refractivity contribution < 1.29 is 14.2 Å². The molecule has 3 unspecified atom stereocenters. The Morgan fingerprint density at radius 1 is 1.38 bits per heavy atom. The van der Waals surface area contributed by atoms with Crippen molar-refractivity contribution in [3.63, 3.8) is 0 Å². The molecule has 2 aromatic rings. The third kappa shape index (κ3) is 3.79. The molecule has 2 heterocycles. The van der Waals surface area contributed by atoms with Crippen LogP contribution in [0, 0.1) is 17.8 Å². The van der Waals surface area contributed by atoms with Crippen LogP contribution in [0.1, 0.15) is 32.4 Å². The van der Waals surface area contributed by atoms with Gasteiger partial charge in [-0.3, -0.25) is 10.1 Å². The topological polar surface area (TPSA) is 67.3 Å². The summed E-state index contributed by atoms with van der Waals surface area (Å²) in [4.78, 5) is 8.81. The normalized spacial score (nSPS) is 32.9. The summed E-state index contributed by atoms with van der Waals surface area (Å²) >= 11 is 0. The van der Waals surface area contributed by atoms with Gasteiger partial charge in [0.05, 0.1) is 18.4 Å². The number of fused-ring (bicyclic) bond motifs is 2. The molecule has 0 amide bonds. The summed E-state index contributed by atoms with van der Waals surface area (Å²) in [6.07, 6.45) is 7.83. The Morgan fingerprint density at radius 2 is 2.16 bits per heavy atom. The van der Waals surface area contributed by atoms with Gasteiger partial charge in [-0.15, -0.1) is 0 Å². The number of rotatable bonds is 6. The van der Waals surface area contributed by atoms with E-state index in [0.717, 1.165) is 16.8 Å². The van der Waals surface area contributed by atoms with E-state index in [1.807, 2.05) is 50.3 Å². The highest BCUT2D eigenvalue weighted by Gasteiger charge is 2.64. The second-order valence-corrected chi connectivity index (χ2v) is 9.49. The van der Waals surface area contributed by atoms with Crippen molar-refractivity contribution in [2.24, 2.45) is 17.8 Å². The Labute approximate surface area is 191 Å². The number of aliphatic hydroxyl groups is 1. The van der Waals surface area contributed by atoms with E-state index >= 15 is 4.39 Å². The summed E-state index contributed by atoms with van der Waals surface area (Å²) in [7, 11) is 4.12. The third-order valence-corrected chi connectivity index (χ3v) is 7.88. The van der Waals surface area contributed by atoms with Crippen LogP contribution in [-0.2, 0) is 0 Å². The van der Waals surface area contributed by atoms with E-state index in [0.29, 0.717) is 17.9 Å². The first-order chi connectivity index (χ1) is 15.2. The molecule has 2 aromatic heterocycles. The predicted molar refractivity (Wildman–Crippen MR) is 129 cm³/mol. The Balaban J connectivity index is 1.63. The number of methoxy groups -OCH3 is 1. The van der Waals surface area contributed by atoms with E-state index in [2.05, 4.69) is 31.0 Å². The molecule has 2 fully saturated rings. The van der Waals surface area contributed by atoms with Crippen LogP contribution >= 0.6 is 9.39 Å². The van der Waals surface area contributed by atoms with Crippen molar-refractivity contribution >= 4 is 15.5 Å². The van der Waals surface area contributed by atoms with Crippen molar-refractivity contribution in [3.8, 4) is 17.0 Å². The zero-order chi connectivity index (χ0) is 23.1. The van der Waals surface area contributed by atoms with Gasteiger partial charge in [-0.05, 0) is 42.7 Å². The molecule has 4 rings (SSSR count). The fourth-order valence-corrected chi connectivity index (χ4v) is 5.88. The lowest BCUT2D eigenvalue weighted by Crippen LogP contribution is -2.56. The molecule has 32 heavy (non-hydrogen) atoms. The Bertz CT molecular complexity index is 1030. The van der Waals surface area contributed by atoms with E-state index in [4.69, 9.17) is 4.74 Å². The molecule has 7 atom stereocenters. The number of hydrogen-bond acceptors (Lipinski definition) is 5. The quantitative estimate of drug-likeness (QED) is 0.492. The van der Waals surface area contributed by atoms with Gasteiger partial charge in [0.2, 0.25) is 5.88 Å². The van der Waals surface area contributed by atoms with Gasteiger partial charge in [-0.25, -0.2) is 9.37 Å². The number of ether oxygens (including phenoxy) is 1. The van der Waals surface area contributed by atoms with Gasteiger partial charge in [0.15, 0.2) is 0 Å². The lowest BCUT2D eigenvalue weighted by Gasteiger charge is -2.49. The number of hydrogen-bond donors (Lipinski definition) is 2. The van der Waals surface area contributed by atoms with Gasteiger partial charge in [-0.1, -0.05) is 35.0 Å². The first-order valence-corrected chi connectivity index (χ1v) is 11.5. The largest absolute Gasteiger partial charge is 0.481 e. The van der Waals surface area contributed by atoms with Crippen molar-refractivity contribution in [1.29, 1.82) is 0 Å². The average Bonchev–Trinajstić information content (AvgIpc) is 3.02. The number of pyridine rings is 2. The first kappa shape index (κ1) is 23.0. The average molecular weight is 456 g/mol. The van der Waals surface area contributed by atoms with Gasteiger partial charge in [0, 0.05) is 54.2 Å². The molecule has 2 N–H and O–H groups in total. The second-order valence-electron chi connectivity index (χ2n) is 9.16. The lowest BCUT2D eigenvalue weighted by atomic mass is 9.61. The maximum Gasteiger partial charge on any atom is 0.221 e. The number of nitrogens with one attached hydrogen (secondary N) is 1. The fraction of sp³-hybridized carbons (Fsp3) is 0.440. The zero-order valence-electron chi connectivity index (χ0n) is 18.8. The molecule has 7 heteroatoms. The minimum atomic E-state index is -1.55. The molecule has 2 aliphatic carbocycles. The number of nitrogens with zero attached hydrogens (tertiary/aromatic N) is 2. The summed E-state index contributed by atoms with van der Waals surface area (Å²) in [6, 6.07) is 7.68. The number of halogens is 1. The SMILES string of the molecule is C=C1C[C@]2(O)CC1(F)[C@@H](C)[C@H](/C=C/c1ccc(-c3cccnc3OC)cn1)C2[C@@H](C)NP. The first-order valence-electron chi connectivity index (χ1n) is 10.9. The van der Waals surface area contributed by atoms with Crippen molar-refractivity contribution in [1.82, 2.24) is 15.1 Å². The smallest absolute Gasteiger partial charge is 0.221 e. The van der Waals surface area contributed by atoms with Crippen LogP contribution in [0.2, 0.25) is 0 Å². The molecule has 0 radical (unpaired) electrons. The van der Waals surface area contributed by atoms with Crippen LogP contribution in [0.15, 0.2) is 54.9 Å². The molecule has 0 aromatic carbocycles. The van der Waals surface area contributed by atoms with Crippen LogP contribution in [0.4, 0.5) is 4.39 Å². The van der Waals surface area contributed by atoms with E-state index in [-0.39, 0.29) is 30.2 Å². The number of aromatic nitrogens is 2. The molecule has 2 saturated carbocycles. The highest BCUT2D eigenvalue weighted by Crippen LogP contribution is 2.61. The van der Waals surface area contributed by atoms with Gasteiger partial charge >= 0.3 is 0 Å². The monoisotopic (exact) mass is 455 g/mol. The predicted octanol–water partition coefficient (Wildman–Crippen LogP) is 4.61. The Kier molecular flexibility index (Phi) is 6.23. The lowest BCUT2D eigenvalue weighted by molar-refractivity contribution is -0.106. The zero-order valence-corrected chi connectivity index (χ0v) is 19.9. The van der Waals surface area contributed by atoms with Gasteiger partial charge < -0.3 is 9.84 Å². The molecule has 5 nitrogen and oxygen atoms in total. The van der Waals surface area contributed by atoms with Crippen molar-refractivity contribution in [2.75, 3.05) is 7.11 Å². The summed E-state index contributed by atoms with van der Waals surface area (Å²) in [5.74, 6) is -0.0550. The highest BCUT2D eigenvalue weighted by atomic mass is 31.0.